The molecule has 0 spiro atoms. The van der Waals surface area contributed by atoms with Crippen LogP contribution in [0.4, 0.5) is 5.69 Å². The molecule has 0 aliphatic carbocycles. The van der Waals surface area contributed by atoms with E-state index in [4.69, 9.17) is 14.2 Å². The summed E-state index contributed by atoms with van der Waals surface area (Å²) < 4.78 is 17.4. The van der Waals surface area contributed by atoms with E-state index in [2.05, 4.69) is 6.07 Å². The lowest BCUT2D eigenvalue weighted by Crippen LogP contribution is -2.29. The van der Waals surface area contributed by atoms with Crippen molar-refractivity contribution < 1.29 is 19.0 Å². The molecule has 1 amide bonds. The highest BCUT2D eigenvalue weighted by atomic mass is 16.5. The van der Waals surface area contributed by atoms with Gasteiger partial charge in [-0.2, -0.15) is 5.26 Å². The number of fused-ring (bicyclic) bond motifs is 1. The smallest absolute Gasteiger partial charge is 0.268 e. The second kappa shape index (κ2) is 11.3. The molecule has 6 nitrogen and oxygen atoms in total. The van der Waals surface area contributed by atoms with Crippen LogP contribution in [-0.2, 0) is 11.2 Å². The zero-order valence-corrected chi connectivity index (χ0v) is 20.0. The van der Waals surface area contributed by atoms with Crippen LogP contribution in [0.5, 0.6) is 17.2 Å². The lowest BCUT2D eigenvalue weighted by atomic mass is 10.1. The van der Waals surface area contributed by atoms with Crippen molar-refractivity contribution in [3.05, 3.63) is 89.0 Å². The van der Waals surface area contributed by atoms with Gasteiger partial charge in [-0.3, -0.25) is 4.79 Å². The Bertz CT molecular complexity index is 1260. The van der Waals surface area contributed by atoms with Crippen molar-refractivity contribution in [2.24, 2.45) is 0 Å². The molecule has 1 aliphatic heterocycles. The van der Waals surface area contributed by atoms with Gasteiger partial charge in [0, 0.05) is 12.2 Å². The molecule has 4 rings (SSSR count). The summed E-state index contributed by atoms with van der Waals surface area (Å²) in [6, 6.07) is 23.1. The van der Waals surface area contributed by atoms with Gasteiger partial charge in [-0.25, -0.2) is 0 Å². The second-order valence-electron chi connectivity index (χ2n) is 8.15. The molecule has 3 aromatic carbocycles. The molecule has 0 saturated carbocycles. The minimum absolute atomic E-state index is 0.0734. The van der Waals surface area contributed by atoms with Crippen molar-refractivity contribution in [2.45, 2.75) is 20.3 Å². The van der Waals surface area contributed by atoms with Gasteiger partial charge in [-0.1, -0.05) is 42.0 Å². The predicted octanol–water partition coefficient (Wildman–Crippen LogP) is 5.35. The molecule has 1 aliphatic rings. The van der Waals surface area contributed by atoms with E-state index < -0.39 is 0 Å². The molecule has 35 heavy (non-hydrogen) atoms. The summed E-state index contributed by atoms with van der Waals surface area (Å²) in [5, 5.41) is 9.71. The molecule has 6 heteroatoms. The summed E-state index contributed by atoms with van der Waals surface area (Å²) in [4.78, 5) is 14.8. The molecule has 0 aromatic heterocycles. The SMILES string of the molecule is CCOc1cc(/C=C(\C#N)C(=O)N2CCc3ccccc32)ccc1OCCOc1ccc(C)cc1. The molecule has 0 radical (unpaired) electrons. The second-order valence-corrected chi connectivity index (χ2v) is 8.15. The summed E-state index contributed by atoms with van der Waals surface area (Å²) in [7, 11) is 0. The Kier molecular flexibility index (Phi) is 7.69. The van der Waals surface area contributed by atoms with Gasteiger partial charge in [0.15, 0.2) is 11.5 Å². The van der Waals surface area contributed by atoms with Crippen molar-refractivity contribution in [3.63, 3.8) is 0 Å². The molecule has 1 heterocycles. The fourth-order valence-corrected chi connectivity index (χ4v) is 3.95. The zero-order chi connectivity index (χ0) is 24.6. The molecule has 3 aromatic rings. The van der Waals surface area contributed by atoms with Crippen LogP contribution in [0.3, 0.4) is 0 Å². The number of anilines is 1. The number of ether oxygens (including phenoxy) is 3. The number of hydrogen-bond acceptors (Lipinski definition) is 5. The Labute approximate surface area is 206 Å². The standard InChI is InChI=1S/C29H28N2O4/c1-3-33-28-19-22(10-13-27(28)35-17-16-34-25-11-8-21(2)9-12-25)18-24(20-30)29(32)31-15-14-23-6-4-5-7-26(23)31/h4-13,18-19H,3,14-17H2,1-2H3/b24-18+. The summed E-state index contributed by atoms with van der Waals surface area (Å²) in [6.45, 7) is 5.68. The van der Waals surface area contributed by atoms with Crippen LogP contribution >= 0.6 is 0 Å². The zero-order valence-electron chi connectivity index (χ0n) is 20.0. The van der Waals surface area contributed by atoms with Gasteiger partial charge >= 0.3 is 0 Å². The topological polar surface area (TPSA) is 71.8 Å². The number of carbonyl (C=O) groups is 1. The minimum atomic E-state index is -0.302. The monoisotopic (exact) mass is 468 g/mol. The van der Waals surface area contributed by atoms with Crippen molar-refractivity contribution in [1.29, 1.82) is 5.26 Å². The van der Waals surface area contributed by atoms with Gasteiger partial charge in [-0.05, 0) is 67.8 Å². The van der Waals surface area contributed by atoms with Crippen LogP contribution in [0.15, 0.2) is 72.3 Å². The summed E-state index contributed by atoms with van der Waals surface area (Å²) >= 11 is 0. The normalized spacial score (nSPS) is 12.6. The Morgan fingerprint density at radius 1 is 1.00 bits per heavy atom. The average molecular weight is 469 g/mol. The van der Waals surface area contributed by atoms with E-state index in [0.29, 0.717) is 43.4 Å². The maximum atomic E-state index is 13.1. The number of amides is 1. The van der Waals surface area contributed by atoms with Gasteiger partial charge in [0.05, 0.1) is 6.61 Å². The summed E-state index contributed by atoms with van der Waals surface area (Å²) in [5.41, 5.74) is 3.92. The minimum Gasteiger partial charge on any atom is -0.490 e. The van der Waals surface area contributed by atoms with Crippen LogP contribution < -0.4 is 19.1 Å². The maximum absolute atomic E-state index is 13.1. The highest BCUT2D eigenvalue weighted by Crippen LogP contribution is 2.31. The fraction of sp³-hybridized carbons (Fsp3) is 0.241. The third-order valence-corrected chi connectivity index (χ3v) is 5.69. The Balaban J connectivity index is 1.44. The van der Waals surface area contributed by atoms with E-state index in [0.717, 1.165) is 23.4 Å². The number of rotatable bonds is 9. The van der Waals surface area contributed by atoms with Crippen LogP contribution in [0.1, 0.15) is 23.6 Å². The first kappa shape index (κ1) is 23.9. The van der Waals surface area contributed by atoms with Crippen molar-refractivity contribution in [3.8, 4) is 23.3 Å². The Morgan fingerprint density at radius 3 is 2.54 bits per heavy atom. The largest absolute Gasteiger partial charge is 0.490 e. The Morgan fingerprint density at radius 2 is 1.77 bits per heavy atom. The molecule has 0 fully saturated rings. The van der Waals surface area contributed by atoms with E-state index in [1.165, 1.54) is 5.56 Å². The van der Waals surface area contributed by atoms with E-state index in [9.17, 15) is 10.1 Å². The molecule has 0 saturated heterocycles. The summed E-state index contributed by atoms with van der Waals surface area (Å²) in [6.07, 6.45) is 2.38. The van der Waals surface area contributed by atoms with Crippen LogP contribution in [0.25, 0.3) is 6.08 Å². The van der Waals surface area contributed by atoms with Gasteiger partial charge in [-0.15, -0.1) is 0 Å². The van der Waals surface area contributed by atoms with Crippen molar-refractivity contribution >= 4 is 17.7 Å². The quantitative estimate of drug-likeness (QED) is 0.241. The maximum Gasteiger partial charge on any atom is 0.268 e. The third-order valence-electron chi connectivity index (χ3n) is 5.69. The number of nitrogens with zero attached hydrogens (tertiary/aromatic N) is 2. The highest BCUT2D eigenvalue weighted by molar-refractivity contribution is 6.12. The van der Waals surface area contributed by atoms with E-state index in [-0.39, 0.29) is 11.5 Å². The number of para-hydroxylation sites is 1. The van der Waals surface area contributed by atoms with Crippen LogP contribution in [-0.4, -0.2) is 32.3 Å². The third kappa shape index (κ3) is 5.82. The van der Waals surface area contributed by atoms with Crippen LogP contribution in [0.2, 0.25) is 0 Å². The van der Waals surface area contributed by atoms with Crippen LogP contribution in [0, 0.1) is 18.3 Å². The summed E-state index contributed by atoms with van der Waals surface area (Å²) in [5.74, 6) is 1.62. The molecular formula is C29H28N2O4. The number of aryl methyl sites for hydroxylation is 1. The van der Waals surface area contributed by atoms with Gasteiger partial charge in [0.1, 0.15) is 30.6 Å². The number of carbonyl (C=O) groups excluding carboxylic acids is 1. The van der Waals surface area contributed by atoms with E-state index in [1.807, 2.05) is 62.4 Å². The molecule has 178 valence electrons. The highest BCUT2D eigenvalue weighted by Gasteiger charge is 2.26. The van der Waals surface area contributed by atoms with E-state index in [1.54, 1.807) is 29.2 Å². The molecule has 0 bridgehead atoms. The lowest BCUT2D eigenvalue weighted by molar-refractivity contribution is -0.114. The number of benzene rings is 3. The van der Waals surface area contributed by atoms with Gasteiger partial charge < -0.3 is 19.1 Å². The first-order valence-electron chi connectivity index (χ1n) is 11.7. The molecule has 0 unspecified atom stereocenters. The lowest BCUT2D eigenvalue weighted by Gasteiger charge is -2.17. The fourth-order valence-electron chi connectivity index (χ4n) is 3.95. The first-order chi connectivity index (χ1) is 17.1. The van der Waals surface area contributed by atoms with Gasteiger partial charge in [0.2, 0.25) is 0 Å². The average Bonchev–Trinajstić information content (AvgIpc) is 3.31. The molecule has 0 atom stereocenters. The first-order valence-corrected chi connectivity index (χ1v) is 11.7. The Hall–Kier alpha value is -4.24. The van der Waals surface area contributed by atoms with E-state index >= 15 is 0 Å². The van der Waals surface area contributed by atoms with Crippen molar-refractivity contribution in [1.82, 2.24) is 0 Å². The predicted molar refractivity (Wildman–Crippen MR) is 136 cm³/mol. The number of hydrogen-bond donors (Lipinski definition) is 0. The van der Waals surface area contributed by atoms with Crippen molar-refractivity contribution in [2.75, 3.05) is 31.3 Å². The molecular weight excluding hydrogens is 440 g/mol. The molecule has 0 N–H and O–H groups in total. The number of nitriles is 1. The van der Waals surface area contributed by atoms with Gasteiger partial charge in [0.25, 0.3) is 5.91 Å².